The van der Waals surface area contributed by atoms with Crippen LogP contribution in [0.5, 0.6) is 0 Å². The van der Waals surface area contributed by atoms with Crippen molar-refractivity contribution in [2.24, 2.45) is 0 Å². The van der Waals surface area contributed by atoms with Gasteiger partial charge in [-0.1, -0.05) is 42.9 Å². The van der Waals surface area contributed by atoms with Crippen LogP contribution in [0.3, 0.4) is 0 Å². The zero-order valence-electron chi connectivity index (χ0n) is 10.8. The molecule has 1 aliphatic heterocycles. The van der Waals surface area contributed by atoms with Crippen molar-refractivity contribution >= 4 is 0 Å². The molecule has 1 aliphatic rings. The summed E-state index contributed by atoms with van der Waals surface area (Å²) in [5, 5.41) is 0. The van der Waals surface area contributed by atoms with Crippen molar-refractivity contribution in [3.63, 3.8) is 0 Å². The summed E-state index contributed by atoms with van der Waals surface area (Å²) in [5.41, 5.74) is 2.73. The van der Waals surface area contributed by atoms with Crippen LogP contribution in [0.25, 0.3) is 0 Å². The van der Waals surface area contributed by atoms with Crippen LogP contribution in [-0.2, 0) is 4.74 Å². The smallest absolute Gasteiger partial charge is 0.0799 e. The third kappa shape index (κ3) is 4.36. The lowest BCUT2D eigenvalue weighted by molar-refractivity contribution is -0.00398. The Morgan fingerprint density at radius 2 is 2.25 bits per heavy atom. The lowest BCUT2D eigenvalue weighted by Crippen LogP contribution is -2.27. The fourth-order valence-corrected chi connectivity index (χ4v) is 1.99. The van der Waals surface area contributed by atoms with Crippen LogP contribution in [0.2, 0.25) is 0 Å². The summed E-state index contributed by atoms with van der Waals surface area (Å²) in [6, 6.07) is 0. The second kappa shape index (κ2) is 6.70. The minimum Gasteiger partial charge on any atom is -0.370 e. The first kappa shape index (κ1) is 13.2. The molecule has 1 rings (SSSR count). The quantitative estimate of drug-likeness (QED) is 0.637. The van der Waals surface area contributed by atoms with E-state index in [0.29, 0.717) is 6.10 Å². The molecule has 0 bridgehead atoms. The summed E-state index contributed by atoms with van der Waals surface area (Å²) in [7, 11) is 0. The van der Waals surface area contributed by atoms with E-state index in [4.69, 9.17) is 4.74 Å². The monoisotopic (exact) mass is 220 g/mol. The molecule has 0 amide bonds. The third-order valence-corrected chi connectivity index (χ3v) is 3.04. The molecule has 1 fully saturated rings. The van der Waals surface area contributed by atoms with E-state index in [0.717, 1.165) is 25.7 Å². The van der Waals surface area contributed by atoms with Crippen molar-refractivity contribution in [1.29, 1.82) is 0 Å². The van der Waals surface area contributed by atoms with Gasteiger partial charge in [0.05, 0.1) is 12.2 Å². The summed E-state index contributed by atoms with van der Waals surface area (Å²) in [4.78, 5) is 0. The van der Waals surface area contributed by atoms with Gasteiger partial charge in [-0.25, -0.2) is 0 Å². The fourth-order valence-electron chi connectivity index (χ4n) is 1.99. The molecule has 16 heavy (non-hydrogen) atoms. The third-order valence-electron chi connectivity index (χ3n) is 3.04. The predicted octanol–water partition coefficient (Wildman–Crippen LogP) is 4.41. The predicted molar refractivity (Wildman–Crippen MR) is 70.5 cm³/mol. The highest BCUT2D eigenvalue weighted by molar-refractivity contribution is 5.11. The number of hydrogen-bond acceptors (Lipinski definition) is 1. The van der Waals surface area contributed by atoms with Gasteiger partial charge in [-0.2, -0.15) is 0 Å². The molecule has 0 aromatic rings. The molecular weight excluding hydrogens is 196 g/mol. The maximum absolute atomic E-state index is 6.04. The Balaban J connectivity index is 2.57. The minimum absolute atomic E-state index is 0.247. The molecule has 0 saturated carbocycles. The van der Waals surface area contributed by atoms with E-state index in [1.54, 1.807) is 0 Å². The van der Waals surface area contributed by atoms with E-state index in [9.17, 15) is 0 Å². The summed E-state index contributed by atoms with van der Waals surface area (Å²) >= 11 is 0. The molecular formula is C15H24O. The summed E-state index contributed by atoms with van der Waals surface area (Å²) in [5.74, 6) is 0. The van der Waals surface area contributed by atoms with Crippen LogP contribution in [0.15, 0.2) is 36.0 Å². The standard InChI is InChI=1S/C15H24O/c1-5-7-8-14-10-13(4)11-15(16-14)9-12(3)6-2/h5,7,9,14-15H,4,6,8,10-11H2,1-3H3/b7-5+,12-9+/t14-,15+/m0/s1. The summed E-state index contributed by atoms with van der Waals surface area (Å²) in [6.07, 6.45) is 11.2. The highest BCUT2D eigenvalue weighted by atomic mass is 16.5. The van der Waals surface area contributed by atoms with Gasteiger partial charge in [0, 0.05) is 0 Å². The van der Waals surface area contributed by atoms with Gasteiger partial charge in [0.25, 0.3) is 0 Å². The molecule has 2 atom stereocenters. The molecule has 0 aliphatic carbocycles. The van der Waals surface area contributed by atoms with Gasteiger partial charge in [0.1, 0.15) is 0 Å². The molecule has 90 valence electrons. The summed E-state index contributed by atoms with van der Waals surface area (Å²) < 4.78 is 6.04. The van der Waals surface area contributed by atoms with E-state index in [1.165, 1.54) is 11.1 Å². The number of ether oxygens (including phenoxy) is 1. The average molecular weight is 220 g/mol. The second-order valence-electron chi connectivity index (χ2n) is 4.63. The zero-order chi connectivity index (χ0) is 12.0. The molecule has 1 saturated heterocycles. The molecule has 1 heterocycles. The topological polar surface area (TPSA) is 9.23 Å². The Labute approximate surface area is 99.9 Å². The van der Waals surface area contributed by atoms with Gasteiger partial charge >= 0.3 is 0 Å². The average Bonchev–Trinajstić information content (AvgIpc) is 2.25. The molecule has 1 nitrogen and oxygen atoms in total. The van der Waals surface area contributed by atoms with E-state index in [1.807, 2.05) is 0 Å². The Morgan fingerprint density at radius 1 is 1.50 bits per heavy atom. The fraction of sp³-hybridized carbons (Fsp3) is 0.600. The van der Waals surface area contributed by atoms with Crippen molar-refractivity contribution < 1.29 is 4.74 Å². The summed E-state index contributed by atoms with van der Waals surface area (Å²) in [6.45, 7) is 10.5. The Hall–Kier alpha value is -0.820. The van der Waals surface area contributed by atoms with Gasteiger partial charge in [-0.3, -0.25) is 0 Å². The normalized spacial score (nSPS) is 27.7. The van der Waals surface area contributed by atoms with Gasteiger partial charge in [-0.15, -0.1) is 0 Å². The Morgan fingerprint density at radius 3 is 2.88 bits per heavy atom. The van der Waals surface area contributed by atoms with Crippen molar-refractivity contribution in [3.05, 3.63) is 36.0 Å². The molecule has 0 aromatic carbocycles. The number of hydrogen-bond donors (Lipinski definition) is 0. The molecule has 0 spiro atoms. The van der Waals surface area contributed by atoms with Crippen LogP contribution in [0.1, 0.15) is 46.5 Å². The van der Waals surface area contributed by atoms with Crippen LogP contribution >= 0.6 is 0 Å². The van der Waals surface area contributed by atoms with Crippen molar-refractivity contribution in [1.82, 2.24) is 0 Å². The van der Waals surface area contributed by atoms with Crippen LogP contribution in [-0.4, -0.2) is 12.2 Å². The first-order valence-electron chi connectivity index (χ1n) is 6.26. The molecule has 1 heteroatoms. The largest absolute Gasteiger partial charge is 0.370 e. The Bertz CT molecular complexity index is 286. The lowest BCUT2D eigenvalue weighted by Gasteiger charge is -2.29. The number of rotatable bonds is 4. The molecule has 0 aromatic heterocycles. The maximum atomic E-state index is 6.04. The molecule has 0 radical (unpaired) electrons. The van der Waals surface area contributed by atoms with Gasteiger partial charge < -0.3 is 4.74 Å². The van der Waals surface area contributed by atoms with Crippen molar-refractivity contribution in [2.45, 2.75) is 58.7 Å². The van der Waals surface area contributed by atoms with E-state index < -0.39 is 0 Å². The van der Waals surface area contributed by atoms with Gasteiger partial charge in [0.2, 0.25) is 0 Å². The molecule has 0 unspecified atom stereocenters. The van der Waals surface area contributed by atoms with Crippen LogP contribution in [0, 0.1) is 0 Å². The first-order valence-corrected chi connectivity index (χ1v) is 6.26. The van der Waals surface area contributed by atoms with E-state index >= 15 is 0 Å². The van der Waals surface area contributed by atoms with Crippen molar-refractivity contribution in [3.8, 4) is 0 Å². The lowest BCUT2D eigenvalue weighted by atomic mass is 9.96. The highest BCUT2D eigenvalue weighted by Crippen LogP contribution is 2.26. The Kier molecular flexibility index (Phi) is 5.54. The van der Waals surface area contributed by atoms with Crippen LogP contribution < -0.4 is 0 Å². The van der Waals surface area contributed by atoms with Crippen LogP contribution in [0.4, 0.5) is 0 Å². The first-order chi connectivity index (χ1) is 7.65. The van der Waals surface area contributed by atoms with E-state index in [-0.39, 0.29) is 6.10 Å². The van der Waals surface area contributed by atoms with Gasteiger partial charge in [0.15, 0.2) is 0 Å². The zero-order valence-corrected chi connectivity index (χ0v) is 10.8. The SMILES string of the molecule is C=C1C[C@H](C/C=C/C)O[C@H](/C=C(\C)CC)C1. The number of allylic oxidation sites excluding steroid dienone is 2. The molecule has 0 N–H and O–H groups in total. The highest BCUT2D eigenvalue weighted by Gasteiger charge is 2.22. The minimum atomic E-state index is 0.247. The van der Waals surface area contributed by atoms with Gasteiger partial charge in [-0.05, 0) is 39.5 Å². The van der Waals surface area contributed by atoms with E-state index in [2.05, 4.69) is 45.6 Å². The maximum Gasteiger partial charge on any atom is 0.0799 e. The second-order valence-corrected chi connectivity index (χ2v) is 4.63. The van der Waals surface area contributed by atoms with Crippen molar-refractivity contribution in [2.75, 3.05) is 0 Å².